The van der Waals surface area contributed by atoms with Crippen molar-refractivity contribution in [2.45, 2.75) is 38.3 Å². The van der Waals surface area contributed by atoms with Gasteiger partial charge < -0.3 is 10.2 Å². The van der Waals surface area contributed by atoms with Crippen LogP contribution in [-0.2, 0) is 0 Å². The van der Waals surface area contributed by atoms with Gasteiger partial charge in [-0.05, 0) is 56.0 Å². The number of fused-ring (bicyclic) bond motifs is 2. The van der Waals surface area contributed by atoms with E-state index in [2.05, 4.69) is 44.8 Å². The molecule has 5 rings (SSSR count). The van der Waals surface area contributed by atoms with Crippen molar-refractivity contribution in [2.75, 3.05) is 13.1 Å². The summed E-state index contributed by atoms with van der Waals surface area (Å²) in [5.74, 6) is 0.0193. The lowest BCUT2D eigenvalue weighted by molar-refractivity contribution is 0.0673. The van der Waals surface area contributed by atoms with Gasteiger partial charge in [0.25, 0.3) is 5.91 Å². The Balaban J connectivity index is 1.42. The van der Waals surface area contributed by atoms with Crippen molar-refractivity contribution in [1.82, 2.24) is 25.2 Å². The standard InChI is InChI=1S/C23H25N5O/c1-16-22(23(29)27-19-11-12-21(27)15-24-14-13-19)25-26-28(16)20-9-7-18(8-10-20)17-5-3-2-4-6-17/h2-10,19,21,24H,11-15H2,1H3. The molecule has 0 aliphatic carbocycles. The molecule has 0 radical (unpaired) electrons. The Bertz CT molecular complexity index is 998. The zero-order valence-electron chi connectivity index (χ0n) is 16.6. The second-order valence-electron chi connectivity index (χ2n) is 7.94. The van der Waals surface area contributed by atoms with Crippen molar-refractivity contribution in [1.29, 1.82) is 0 Å². The Morgan fingerprint density at radius 2 is 1.69 bits per heavy atom. The Morgan fingerprint density at radius 3 is 2.48 bits per heavy atom. The van der Waals surface area contributed by atoms with Gasteiger partial charge in [0.2, 0.25) is 0 Å². The van der Waals surface area contributed by atoms with Crippen LogP contribution >= 0.6 is 0 Å². The number of carbonyl (C=O) groups is 1. The molecule has 2 atom stereocenters. The monoisotopic (exact) mass is 387 g/mol. The highest BCUT2D eigenvalue weighted by Crippen LogP contribution is 2.30. The summed E-state index contributed by atoms with van der Waals surface area (Å²) in [5.41, 5.74) is 4.50. The maximum absolute atomic E-state index is 13.3. The van der Waals surface area contributed by atoms with E-state index in [4.69, 9.17) is 0 Å². The Labute approximate surface area is 170 Å². The van der Waals surface area contributed by atoms with Gasteiger partial charge in [-0.1, -0.05) is 47.7 Å². The third kappa shape index (κ3) is 3.23. The van der Waals surface area contributed by atoms with Gasteiger partial charge in [0.15, 0.2) is 5.69 Å². The molecule has 2 aliphatic heterocycles. The first-order valence-electron chi connectivity index (χ1n) is 10.3. The van der Waals surface area contributed by atoms with Crippen LogP contribution in [-0.4, -0.2) is 51.0 Å². The van der Waals surface area contributed by atoms with Crippen LogP contribution in [0.3, 0.4) is 0 Å². The van der Waals surface area contributed by atoms with Gasteiger partial charge in [-0.3, -0.25) is 4.79 Å². The number of hydrogen-bond acceptors (Lipinski definition) is 4. The second-order valence-corrected chi connectivity index (χ2v) is 7.94. The van der Waals surface area contributed by atoms with Gasteiger partial charge in [0, 0.05) is 18.6 Å². The molecule has 2 bridgehead atoms. The van der Waals surface area contributed by atoms with Crippen molar-refractivity contribution in [2.24, 2.45) is 0 Å². The molecule has 148 valence electrons. The molecule has 3 aromatic rings. The zero-order valence-corrected chi connectivity index (χ0v) is 16.6. The predicted octanol–water partition coefficient (Wildman–Crippen LogP) is 3.21. The van der Waals surface area contributed by atoms with Gasteiger partial charge in [0.05, 0.1) is 11.4 Å². The predicted molar refractivity (Wildman–Crippen MR) is 112 cm³/mol. The number of hydrogen-bond donors (Lipinski definition) is 1. The quantitative estimate of drug-likeness (QED) is 0.750. The highest BCUT2D eigenvalue weighted by Gasteiger charge is 2.39. The van der Waals surface area contributed by atoms with Crippen LogP contribution in [0, 0.1) is 6.92 Å². The van der Waals surface area contributed by atoms with Gasteiger partial charge in [-0.25, -0.2) is 4.68 Å². The summed E-state index contributed by atoms with van der Waals surface area (Å²) in [6, 6.07) is 19.1. The van der Waals surface area contributed by atoms with E-state index in [0.29, 0.717) is 11.7 Å². The SMILES string of the molecule is Cc1c(C(=O)N2C3CCNCC2CC3)nnn1-c1ccc(-c2ccccc2)cc1. The minimum absolute atomic E-state index is 0.0193. The molecule has 1 aromatic heterocycles. The summed E-state index contributed by atoms with van der Waals surface area (Å²) in [5, 5.41) is 12.0. The molecule has 1 amide bonds. The fourth-order valence-electron chi connectivity index (χ4n) is 4.63. The van der Waals surface area contributed by atoms with Crippen molar-refractivity contribution in [3.05, 3.63) is 66.0 Å². The minimum Gasteiger partial charge on any atom is -0.330 e. The number of carbonyl (C=O) groups excluding carboxylic acids is 1. The summed E-state index contributed by atoms with van der Waals surface area (Å²) in [7, 11) is 0. The van der Waals surface area contributed by atoms with Crippen molar-refractivity contribution >= 4 is 5.91 Å². The lowest BCUT2D eigenvalue weighted by atomic mass is 10.1. The smallest absolute Gasteiger partial charge is 0.276 e. The van der Waals surface area contributed by atoms with Crippen LogP contribution in [0.15, 0.2) is 54.6 Å². The molecule has 2 unspecified atom stereocenters. The van der Waals surface area contributed by atoms with E-state index in [-0.39, 0.29) is 11.9 Å². The van der Waals surface area contributed by atoms with E-state index in [0.717, 1.165) is 49.3 Å². The second kappa shape index (κ2) is 7.44. The fourth-order valence-corrected chi connectivity index (χ4v) is 4.63. The number of benzene rings is 2. The molecular formula is C23H25N5O. The molecule has 0 spiro atoms. The summed E-state index contributed by atoms with van der Waals surface area (Å²) < 4.78 is 1.76. The largest absolute Gasteiger partial charge is 0.330 e. The van der Waals surface area contributed by atoms with Crippen LogP contribution in [0.2, 0.25) is 0 Å². The summed E-state index contributed by atoms with van der Waals surface area (Å²) in [4.78, 5) is 15.4. The molecule has 3 heterocycles. The zero-order chi connectivity index (χ0) is 19.8. The Morgan fingerprint density at radius 1 is 0.966 bits per heavy atom. The molecular weight excluding hydrogens is 362 g/mol. The molecule has 2 aliphatic rings. The number of nitrogens with zero attached hydrogens (tertiary/aromatic N) is 4. The van der Waals surface area contributed by atoms with Gasteiger partial charge >= 0.3 is 0 Å². The molecule has 2 fully saturated rings. The number of amides is 1. The first kappa shape index (κ1) is 18.1. The maximum Gasteiger partial charge on any atom is 0.276 e. The Kier molecular flexibility index (Phi) is 4.64. The average Bonchev–Trinajstić information content (AvgIpc) is 3.26. The highest BCUT2D eigenvalue weighted by molar-refractivity contribution is 5.94. The Hall–Kier alpha value is -2.99. The first-order chi connectivity index (χ1) is 14.2. The van der Waals surface area contributed by atoms with Gasteiger partial charge in [-0.15, -0.1) is 5.10 Å². The molecule has 2 aromatic carbocycles. The number of nitrogens with one attached hydrogen (secondary N) is 1. The third-order valence-corrected chi connectivity index (χ3v) is 6.20. The van der Waals surface area contributed by atoms with Crippen LogP contribution in [0.25, 0.3) is 16.8 Å². The van der Waals surface area contributed by atoms with E-state index in [9.17, 15) is 4.79 Å². The third-order valence-electron chi connectivity index (χ3n) is 6.20. The summed E-state index contributed by atoms with van der Waals surface area (Å²) in [6.45, 7) is 3.77. The van der Waals surface area contributed by atoms with Crippen LogP contribution in [0.1, 0.15) is 35.4 Å². The van der Waals surface area contributed by atoms with Gasteiger partial charge in [-0.2, -0.15) is 0 Å². The molecule has 1 N–H and O–H groups in total. The molecule has 2 saturated heterocycles. The maximum atomic E-state index is 13.3. The summed E-state index contributed by atoms with van der Waals surface area (Å²) in [6.07, 6.45) is 3.17. The van der Waals surface area contributed by atoms with Crippen LogP contribution < -0.4 is 5.32 Å². The highest BCUT2D eigenvalue weighted by atomic mass is 16.2. The normalized spacial score (nSPS) is 21.2. The lowest BCUT2D eigenvalue weighted by Crippen LogP contribution is -2.43. The van der Waals surface area contributed by atoms with Gasteiger partial charge in [0.1, 0.15) is 0 Å². The minimum atomic E-state index is 0.0193. The fraction of sp³-hybridized carbons (Fsp3) is 0.348. The van der Waals surface area contributed by atoms with Crippen LogP contribution in [0.5, 0.6) is 0 Å². The molecule has 0 saturated carbocycles. The molecule has 6 nitrogen and oxygen atoms in total. The summed E-state index contributed by atoms with van der Waals surface area (Å²) >= 11 is 0. The first-order valence-corrected chi connectivity index (χ1v) is 10.3. The van der Waals surface area contributed by atoms with Crippen molar-refractivity contribution in [3.63, 3.8) is 0 Å². The van der Waals surface area contributed by atoms with Crippen LogP contribution in [0.4, 0.5) is 0 Å². The lowest BCUT2D eigenvalue weighted by Gasteiger charge is -2.27. The van der Waals surface area contributed by atoms with E-state index < -0.39 is 0 Å². The van der Waals surface area contributed by atoms with E-state index in [1.54, 1.807) is 4.68 Å². The molecule has 29 heavy (non-hydrogen) atoms. The topological polar surface area (TPSA) is 63.1 Å². The average molecular weight is 387 g/mol. The van der Waals surface area contributed by atoms with E-state index in [1.807, 2.05) is 37.3 Å². The number of rotatable bonds is 3. The van der Waals surface area contributed by atoms with Crippen molar-refractivity contribution in [3.8, 4) is 16.8 Å². The van der Waals surface area contributed by atoms with Crippen molar-refractivity contribution < 1.29 is 4.79 Å². The number of aromatic nitrogens is 3. The van der Waals surface area contributed by atoms with E-state index in [1.165, 1.54) is 5.56 Å². The molecule has 6 heteroatoms. The van der Waals surface area contributed by atoms with E-state index >= 15 is 0 Å².